The molecule has 3 heteroatoms. The Morgan fingerprint density at radius 2 is 1.81 bits per heavy atom. The van der Waals surface area contributed by atoms with Gasteiger partial charge in [0.1, 0.15) is 5.78 Å². The molecule has 1 aromatic rings. The minimum atomic E-state index is -0.155. The van der Waals surface area contributed by atoms with Crippen LogP contribution in [0.25, 0.3) is 0 Å². The van der Waals surface area contributed by atoms with E-state index in [-0.39, 0.29) is 11.3 Å². The van der Waals surface area contributed by atoms with Gasteiger partial charge in [0.15, 0.2) is 0 Å². The molecule has 0 aliphatic carbocycles. The highest BCUT2D eigenvalue weighted by molar-refractivity contribution is 5.90. The fraction of sp³-hybridized carbons (Fsp3) is 0.611. The van der Waals surface area contributed by atoms with Crippen LogP contribution >= 0.6 is 0 Å². The van der Waals surface area contributed by atoms with Crippen LogP contribution in [0.2, 0.25) is 0 Å². The van der Waals surface area contributed by atoms with Crippen molar-refractivity contribution in [3.05, 3.63) is 34.9 Å². The fourth-order valence-corrected chi connectivity index (χ4v) is 4.70. The Morgan fingerprint density at radius 3 is 2.43 bits per heavy atom. The third kappa shape index (κ3) is 2.14. The number of ketones is 1. The monoisotopic (exact) mass is 284 g/mol. The van der Waals surface area contributed by atoms with Gasteiger partial charge in [-0.3, -0.25) is 4.79 Å². The number of nitrogens with zero attached hydrogens (tertiary/aromatic N) is 2. The largest absolute Gasteiger partial charge is 0.300 e. The molecular weight excluding hydrogens is 260 g/mol. The van der Waals surface area contributed by atoms with E-state index in [2.05, 4.69) is 41.8 Å². The van der Waals surface area contributed by atoms with E-state index < -0.39 is 0 Å². The summed E-state index contributed by atoms with van der Waals surface area (Å²) in [5, 5.41) is 0. The van der Waals surface area contributed by atoms with Crippen molar-refractivity contribution in [3.8, 4) is 0 Å². The number of hydrogen-bond acceptors (Lipinski definition) is 3. The van der Waals surface area contributed by atoms with Crippen molar-refractivity contribution < 1.29 is 4.79 Å². The Morgan fingerprint density at radius 1 is 1.14 bits per heavy atom. The highest BCUT2D eigenvalue weighted by Gasteiger charge is 2.53. The molecule has 4 saturated heterocycles. The summed E-state index contributed by atoms with van der Waals surface area (Å²) in [5.74, 6) is 0.789. The number of carbonyl (C=O) groups excluding carboxylic acids is 1. The number of benzene rings is 1. The Kier molecular flexibility index (Phi) is 2.98. The van der Waals surface area contributed by atoms with Gasteiger partial charge in [0.25, 0.3) is 0 Å². The molecule has 2 unspecified atom stereocenters. The number of aryl methyl sites for hydroxylation is 2. The molecule has 0 radical (unpaired) electrons. The highest BCUT2D eigenvalue weighted by atomic mass is 16.1. The van der Waals surface area contributed by atoms with Gasteiger partial charge in [0.05, 0.1) is 5.41 Å². The van der Waals surface area contributed by atoms with E-state index in [1.54, 1.807) is 0 Å². The second kappa shape index (κ2) is 4.65. The van der Waals surface area contributed by atoms with E-state index in [4.69, 9.17) is 0 Å². The summed E-state index contributed by atoms with van der Waals surface area (Å²) >= 11 is 0. The predicted molar refractivity (Wildman–Crippen MR) is 83.4 cm³/mol. The van der Waals surface area contributed by atoms with Crippen LogP contribution < -0.4 is 0 Å². The number of rotatable bonds is 2. The summed E-state index contributed by atoms with van der Waals surface area (Å²) in [7, 11) is 0. The van der Waals surface area contributed by atoms with E-state index in [1.807, 2.05) is 0 Å². The number of piperidine rings is 2. The molecule has 112 valence electrons. The maximum atomic E-state index is 13.0. The van der Waals surface area contributed by atoms with E-state index >= 15 is 0 Å². The van der Waals surface area contributed by atoms with Crippen LogP contribution in [-0.2, 0) is 11.2 Å². The first kappa shape index (κ1) is 13.5. The lowest BCUT2D eigenvalue weighted by molar-refractivity contribution is -0.144. The van der Waals surface area contributed by atoms with E-state index in [0.29, 0.717) is 5.78 Å². The number of Topliss-reactive ketones (excluding diaryl/α,β-unsaturated/α-hetero) is 1. The highest BCUT2D eigenvalue weighted by Crippen LogP contribution is 2.40. The molecule has 0 saturated carbocycles. The first-order chi connectivity index (χ1) is 10.1. The summed E-state index contributed by atoms with van der Waals surface area (Å²) in [4.78, 5) is 18.0. The van der Waals surface area contributed by atoms with Crippen LogP contribution in [0.3, 0.4) is 0 Å². The molecule has 2 atom stereocenters. The van der Waals surface area contributed by atoms with E-state index in [0.717, 1.165) is 45.7 Å². The lowest BCUT2D eigenvalue weighted by Gasteiger charge is -2.48. The van der Waals surface area contributed by atoms with Crippen LogP contribution in [0, 0.1) is 25.2 Å². The molecule has 0 amide bonds. The molecule has 0 aromatic heterocycles. The minimum absolute atomic E-state index is 0.155. The molecular formula is C18H24N2O. The quantitative estimate of drug-likeness (QED) is 0.825. The van der Waals surface area contributed by atoms with Gasteiger partial charge in [-0.15, -0.1) is 0 Å². The minimum Gasteiger partial charge on any atom is -0.300 e. The summed E-state index contributed by atoms with van der Waals surface area (Å²) < 4.78 is 0. The van der Waals surface area contributed by atoms with Gasteiger partial charge in [-0.2, -0.15) is 0 Å². The van der Waals surface area contributed by atoms with Crippen LogP contribution in [0.5, 0.6) is 0 Å². The molecule has 4 aliphatic rings. The first-order valence-corrected chi connectivity index (χ1v) is 8.11. The third-order valence-corrected chi connectivity index (χ3v) is 5.66. The smallest absolute Gasteiger partial charge is 0.147 e. The number of fused-ring (bicyclic) bond motifs is 1. The van der Waals surface area contributed by atoms with Gasteiger partial charge >= 0.3 is 0 Å². The standard InChI is InChI=1S/C18H24N2O/c1-13-3-4-15(14(2)7-13)8-18-11-19-5-6-20(12-18)10-16(9-19)17(18)21/h3-4,7,16H,5-6,8-12H2,1-2H3. The van der Waals surface area contributed by atoms with Crippen LogP contribution in [0.1, 0.15) is 16.7 Å². The molecule has 0 spiro atoms. The fourth-order valence-electron chi connectivity index (χ4n) is 4.70. The molecule has 4 fully saturated rings. The zero-order chi connectivity index (χ0) is 14.6. The predicted octanol–water partition coefficient (Wildman–Crippen LogP) is 1.66. The Balaban J connectivity index is 1.70. The Bertz CT molecular complexity index is 579. The molecule has 4 bridgehead atoms. The van der Waals surface area contributed by atoms with Crippen molar-refractivity contribution in [2.75, 3.05) is 39.3 Å². The Labute approximate surface area is 126 Å². The van der Waals surface area contributed by atoms with Crippen molar-refractivity contribution in [2.24, 2.45) is 11.3 Å². The molecule has 0 N–H and O–H groups in total. The first-order valence-electron chi connectivity index (χ1n) is 8.11. The molecule has 5 rings (SSSR count). The van der Waals surface area contributed by atoms with Crippen molar-refractivity contribution >= 4 is 5.78 Å². The topological polar surface area (TPSA) is 23.6 Å². The molecule has 4 aliphatic heterocycles. The van der Waals surface area contributed by atoms with Gasteiger partial charge in [-0.1, -0.05) is 23.8 Å². The second-order valence-corrected chi connectivity index (χ2v) is 7.42. The zero-order valence-corrected chi connectivity index (χ0v) is 13.1. The molecule has 3 nitrogen and oxygen atoms in total. The van der Waals surface area contributed by atoms with Gasteiger partial charge in [-0.05, 0) is 31.4 Å². The zero-order valence-electron chi connectivity index (χ0n) is 13.1. The van der Waals surface area contributed by atoms with Gasteiger partial charge in [0, 0.05) is 45.2 Å². The summed E-state index contributed by atoms with van der Waals surface area (Å²) in [5.41, 5.74) is 3.84. The van der Waals surface area contributed by atoms with E-state index in [9.17, 15) is 4.79 Å². The SMILES string of the molecule is Cc1ccc(CC23CN4CCN(CC(C4)C2=O)C3)c(C)c1. The number of carbonyl (C=O) groups is 1. The van der Waals surface area contributed by atoms with Crippen molar-refractivity contribution in [1.29, 1.82) is 0 Å². The second-order valence-electron chi connectivity index (χ2n) is 7.42. The van der Waals surface area contributed by atoms with Crippen LogP contribution in [-0.4, -0.2) is 54.9 Å². The average Bonchev–Trinajstić information content (AvgIpc) is 2.67. The maximum Gasteiger partial charge on any atom is 0.147 e. The van der Waals surface area contributed by atoms with Crippen LogP contribution in [0.15, 0.2) is 18.2 Å². The normalized spacial score (nSPS) is 37.8. The lowest BCUT2D eigenvalue weighted by atomic mass is 9.67. The van der Waals surface area contributed by atoms with Crippen molar-refractivity contribution in [3.63, 3.8) is 0 Å². The van der Waals surface area contributed by atoms with Gasteiger partial charge < -0.3 is 9.80 Å². The maximum absolute atomic E-state index is 13.0. The Hall–Kier alpha value is -1.19. The summed E-state index contributed by atoms with van der Waals surface area (Å²) in [6, 6.07) is 6.66. The summed E-state index contributed by atoms with van der Waals surface area (Å²) in [6.07, 6.45) is 0.918. The van der Waals surface area contributed by atoms with Gasteiger partial charge in [0.2, 0.25) is 0 Å². The molecule has 1 aromatic carbocycles. The lowest BCUT2D eigenvalue weighted by Crippen LogP contribution is -2.62. The van der Waals surface area contributed by atoms with Crippen molar-refractivity contribution in [1.82, 2.24) is 9.80 Å². The number of hydrogen-bond donors (Lipinski definition) is 0. The van der Waals surface area contributed by atoms with E-state index in [1.165, 1.54) is 16.7 Å². The van der Waals surface area contributed by atoms with Crippen molar-refractivity contribution in [2.45, 2.75) is 20.3 Å². The molecule has 4 heterocycles. The van der Waals surface area contributed by atoms with Crippen LogP contribution in [0.4, 0.5) is 0 Å². The summed E-state index contributed by atoms with van der Waals surface area (Å²) in [6.45, 7) is 10.5. The molecule has 21 heavy (non-hydrogen) atoms. The third-order valence-electron chi connectivity index (χ3n) is 5.66. The average molecular weight is 284 g/mol. The van der Waals surface area contributed by atoms with Gasteiger partial charge in [-0.25, -0.2) is 0 Å².